The number of aryl methyl sites for hydroxylation is 1. The van der Waals surface area contributed by atoms with Gasteiger partial charge in [0.1, 0.15) is 5.78 Å². The molecule has 1 aromatic rings. The Bertz CT molecular complexity index is 500. The lowest BCUT2D eigenvalue weighted by atomic mass is 10.0. The molecule has 0 unspecified atom stereocenters. The minimum atomic E-state index is -0.303. The molecule has 0 heterocycles. The van der Waals surface area contributed by atoms with Crippen molar-refractivity contribution in [2.45, 2.75) is 65.7 Å². The minimum absolute atomic E-state index is 0.245. The van der Waals surface area contributed by atoms with Gasteiger partial charge in [-0.3, -0.25) is 4.79 Å². The maximum atomic E-state index is 14.4. The van der Waals surface area contributed by atoms with Crippen LogP contribution < -0.4 is 4.74 Å². The first-order valence-corrected chi connectivity index (χ1v) is 8.94. The smallest absolute Gasteiger partial charge is 0.168 e. The number of halogens is 2. The molecule has 0 atom stereocenters. The number of hydrogen-bond donors (Lipinski definition) is 0. The molecule has 0 fully saturated rings. The predicted molar refractivity (Wildman–Crippen MR) is 93.8 cm³/mol. The third-order valence-electron chi connectivity index (χ3n) is 3.83. The van der Waals surface area contributed by atoms with Crippen LogP contribution in [0.15, 0.2) is 12.1 Å². The highest BCUT2D eigenvalue weighted by atomic mass is 35.5. The molecule has 0 spiro atoms. The van der Waals surface area contributed by atoms with Gasteiger partial charge in [0.15, 0.2) is 11.6 Å². The maximum Gasteiger partial charge on any atom is 0.168 e. The second kappa shape index (κ2) is 10.6. The maximum absolute atomic E-state index is 14.4. The SMILES string of the molecule is CCC(=O)CCCCCc1cc(Cl)cc(OCCC(C)C)c1F. The van der Waals surface area contributed by atoms with Gasteiger partial charge >= 0.3 is 0 Å². The van der Waals surface area contributed by atoms with Gasteiger partial charge in [0.05, 0.1) is 6.61 Å². The molecule has 0 aliphatic carbocycles. The Hall–Kier alpha value is -1.09. The van der Waals surface area contributed by atoms with Gasteiger partial charge in [-0.05, 0) is 43.2 Å². The average molecular weight is 343 g/mol. The summed E-state index contributed by atoms with van der Waals surface area (Å²) in [5.74, 6) is 0.749. The van der Waals surface area contributed by atoms with Crippen LogP contribution in [0.5, 0.6) is 5.75 Å². The van der Waals surface area contributed by atoms with E-state index in [0.717, 1.165) is 25.7 Å². The molecule has 0 saturated heterocycles. The van der Waals surface area contributed by atoms with Crippen LogP contribution in [-0.4, -0.2) is 12.4 Å². The highest BCUT2D eigenvalue weighted by molar-refractivity contribution is 6.30. The fraction of sp³-hybridized carbons (Fsp3) is 0.632. The van der Waals surface area contributed by atoms with Crippen LogP contribution in [0.3, 0.4) is 0 Å². The number of unbranched alkanes of at least 4 members (excludes halogenated alkanes) is 2. The van der Waals surface area contributed by atoms with Crippen LogP contribution in [0.1, 0.15) is 64.9 Å². The van der Waals surface area contributed by atoms with Gasteiger partial charge in [-0.1, -0.05) is 38.8 Å². The largest absolute Gasteiger partial charge is 0.490 e. The fourth-order valence-electron chi connectivity index (χ4n) is 2.30. The third-order valence-corrected chi connectivity index (χ3v) is 4.05. The number of rotatable bonds is 11. The van der Waals surface area contributed by atoms with Crippen LogP contribution in [0.25, 0.3) is 0 Å². The number of Topliss-reactive ketones (excluding diaryl/α,β-unsaturated/α-hetero) is 1. The molecule has 0 radical (unpaired) electrons. The number of hydrogen-bond acceptors (Lipinski definition) is 2. The summed E-state index contributed by atoms with van der Waals surface area (Å²) < 4.78 is 20.0. The van der Waals surface area contributed by atoms with Crippen LogP contribution in [-0.2, 0) is 11.2 Å². The molecule has 0 saturated carbocycles. The van der Waals surface area contributed by atoms with Crippen LogP contribution >= 0.6 is 11.6 Å². The number of ketones is 1. The van der Waals surface area contributed by atoms with Crippen molar-refractivity contribution in [3.05, 3.63) is 28.5 Å². The summed E-state index contributed by atoms with van der Waals surface area (Å²) in [4.78, 5) is 11.2. The summed E-state index contributed by atoms with van der Waals surface area (Å²) in [6, 6.07) is 3.21. The van der Waals surface area contributed by atoms with Crippen LogP contribution in [0.2, 0.25) is 5.02 Å². The molecule has 1 rings (SSSR count). The molecule has 4 heteroatoms. The normalized spacial score (nSPS) is 11.0. The fourth-order valence-corrected chi connectivity index (χ4v) is 2.53. The number of carbonyl (C=O) groups is 1. The Morgan fingerprint density at radius 2 is 2.00 bits per heavy atom. The third kappa shape index (κ3) is 7.83. The van der Waals surface area contributed by atoms with Gasteiger partial charge in [-0.2, -0.15) is 0 Å². The molecule has 0 aliphatic heterocycles. The monoisotopic (exact) mass is 342 g/mol. The Morgan fingerprint density at radius 3 is 2.65 bits per heavy atom. The summed E-state index contributed by atoms with van der Waals surface area (Å²) in [6.07, 6.45) is 5.35. The molecular formula is C19H28ClFO2. The molecule has 0 N–H and O–H groups in total. The zero-order chi connectivity index (χ0) is 17.2. The lowest BCUT2D eigenvalue weighted by Gasteiger charge is -2.12. The Labute approximate surface area is 144 Å². The van der Waals surface area contributed by atoms with E-state index in [1.165, 1.54) is 0 Å². The summed E-state index contributed by atoms with van der Waals surface area (Å²) in [7, 11) is 0. The quantitative estimate of drug-likeness (QED) is 0.462. The van der Waals surface area contributed by atoms with Crippen LogP contribution in [0, 0.1) is 11.7 Å². The first-order chi connectivity index (χ1) is 10.9. The average Bonchev–Trinajstić information content (AvgIpc) is 2.50. The second-order valence-electron chi connectivity index (χ2n) is 6.36. The highest BCUT2D eigenvalue weighted by Crippen LogP contribution is 2.27. The Balaban J connectivity index is 2.51. The van der Waals surface area contributed by atoms with Gasteiger partial charge < -0.3 is 4.74 Å². The number of benzene rings is 1. The molecular weight excluding hydrogens is 315 g/mol. The molecule has 0 aliphatic rings. The van der Waals surface area contributed by atoms with Crippen molar-refractivity contribution >= 4 is 17.4 Å². The van der Waals surface area contributed by atoms with E-state index in [1.54, 1.807) is 12.1 Å². The zero-order valence-electron chi connectivity index (χ0n) is 14.5. The van der Waals surface area contributed by atoms with E-state index in [-0.39, 0.29) is 11.6 Å². The second-order valence-corrected chi connectivity index (χ2v) is 6.80. The van der Waals surface area contributed by atoms with Crippen molar-refractivity contribution in [2.24, 2.45) is 5.92 Å². The van der Waals surface area contributed by atoms with E-state index in [2.05, 4.69) is 13.8 Å². The van der Waals surface area contributed by atoms with Crippen molar-refractivity contribution in [3.8, 4) is 5.75 Å². The molecule has 1 aromatic carbocycles. The van der Waals surface area contributed by atoms with Crippen molar-refractivity contribution in [1.29, 1.82) is 0 Å². The van der Waals surface area contributed by atoms with Crippen molar-refractivity contribution < 1.29 is 13.9 Å². The zero-order valence-corrected chi connectivity index (χ0v) is 15.2. The molecule has 23 heavy (non-hydrogen) atoms. The standard InChI is InChI=1S/C19H28ClFO2/c1-4-17(22)9-7-5-6-8-15-12-16(20)13-18(19(15)21)23-11-10-14(2)3/h12-14H,4-11H2,1-3H3. The van der Waals surface area contributed by atoms with Crippen molar-refractivity contribution in [2.75, 3.05) is 6.61 Å². The lowest BCUT2D eigenvalue weighted by Crippen LogP contribution is -2.04. The Morgan fingerprint density at radius 1 is 1.26 bits per heavy atom. The highest BCUT2D eigenvalue weighted by Gasteiger charge is 2.12. The molecule has 0 aromatic heterocycles. The molecule has 0 amide bonds. The lowest BCUT2D eigenvalue weighted by molar-refractivity contribution is -0.118. The Kier molecular flexibility index (Phi) is 9.23. The van der Waals surface area contributed by atoms with Crippen molar-refractivity contribution in [1.82, 2.24) is 0 Å². The van der Waals surface area contributed by atoms with E-state index in [4.69, 9.17) is 16.3 Å². The molecule has 130 valence electrons. The topological polar surface area (TPSA) is 26.3 Å². The van der Waals surface area contributed by atoms with Gasteiger partial charge in [0.2, 0.25) is 0 Å². The first-order valence-electron chi connectivity index (χ1n) is 8.56. The van der Waals surface area contributed by atoms with Gasteiger partial charge in [-0.15, -0.1) is 0 Å². The van der Waals surface area contributed by atoms with E-state index in [0.29, 0.717) is 48.2 Å². The van der Waals surface area contributed by atoms with E-state index in [1.807, 2.05) is 6.92 Å². The number of carbonyl (C=O) groups excluding carboxylic acids is 1. The van der Waals surface area contributed by atoms with E-state index < -0.39 is 0 Å². The summed E-state index contributed by atoms with van der Waals surface area (Å²) >= 11 is 6.07. The molecule has 0 bridgehead atoms. The van der Waals surface area contributed by atoms with Gasteiger partial charge in [-0.25, -0.2) is 4.39 Å². The summed E-state index contributed by atoms with van der Waals surface area (Å²) in [6.45, 7) is 6.58. The van der Waals surface area contributed by atoms with E-state index in [9.17, 15) is 9.18 Å². The first kappa shape index (κ1) is 20.0. The van der Waals surface area contributed by atoms with Gasteiger partial charge in [0.25, 0.3) is 0 Å². The predicted octanol–water partition coefficient (Wildman–Crippen LogP) is 5.99. The molecule has 2 nitrogen and oxygen atoms in total. The van der Waals surface area contributed by atoms with Gasteiger partial charge in [0, 0.05) is 23.9 Å². The number of ether oxygens (including phenoxy) is 1. The van der Waals surface area contributed by atoms with Crippen molar-refractivity contribution in [3.63, 3.8) is 0 Å². The van der Waals surface area contributed by atoms with Crippen LogP contribution in [0.4, 0.5) is 4.39 Å². The minimum Gasteiger partial charge on any atom is -0.490 e. The van der Waals surface area contributed by atoms with E-state index >= 15 is 0 Å². The summed E-state index contributed by atoms with van der Waals surface area (Å²) in [5.41, 5.74) is 0.596. The summed E-state index contributed by atoms with van der Waals surface area (Å²) in [5, 5.41) is 0.502.